The van der Waals surface area contributed by atoms with E-state index in [1.807, 2.05) is 0 Å². The van der Waals surface area contributed by atoms with Crippen molar-refractivity contribution in [1.29, 1.82) is 0 Å². The minimum absolute atomic E-state index is 0.0987. The van der Waals surface area contributed by atoms with Crippen LogP contribution in [0.1, 0.15) is 13.3 Å². The van der Waals surface area contributed by atoms with Gasteiger partial charge in [-0.3, -0.25) is 0 Å². The molecule has 0 amide bonds. The van der Waals surface area contributed by atoms with Gasteiger partial charge in [-0.15, -0.1) is 0 Å². The minimum Gasteiger partial charge on any atom is -0.377 e. The molecule has 0 N–H and O–H groups in total. The molecule has 0 spiro atoms. The average molecular weight is 274 g/mol. The Kier molecular flexibility index (Phi) is 4.15. The van der Waals surface area contributed by atoms with Crippen molar-refractivity contribution >= 4 is 0 Å². The third-order valence-corrected chi connectivity index (χ3v) is 2.78. The van der Waals surface area contributed by atoms with E-state index in [0.29, 0.717) is 0 Å². The first-order chi connectivity index (χ1) is 8.05. The maximum absolute atomic E-state index is 12.6. The summed E-state index contributed by atoms with van der Waals surface area (Å²) in [5, 5.41) is 0. The molecular weight excluding hydrogens is 262 g/mol. The molecule has 2 atom stereocenters. The maximum Gasteiger partial charge on any atom is 0.412 e. The highest BCUT2D eigenvalue weighted by Crippen LogP contribution is 2.42. The Balaban J connectivity index is 3.12. The van der Waals surface area contributed by atoms with E-state index in [2.05, 4.69) is 0 Å². The molecule has 104 valence electrons. The Labute approximate surface area is 100 Å². The topological polar surface area (TPSA) is 9.23 Å². The maximum atomic E-state index is 12.6. The van der Waals surface area contributed by atoms with Crippen LogP contribution in [-0.2, 0) is 4.74 Å². The quantitative estimate of drug-likeness (QED) is 0.691. The van der Waals surface area contributed by atoms with E-state index >= 15 is 0 Å². The summed E-state index contributed by atoms with van der Waals surface area (Å²) in [7, 11) is 1.23. The van der Waals surface area contributed by atoms with Crippen molar-refractivity contribution in [3.05, 3.63) is 23.3 Å². The molecular formula is C11H12F6O. The van der Waals surface area contributed by atoms with Crippen LogP contribution in [0, 0.1) is 5.92 Å². The van der Waals surface area contributed by atoms with Gasteiger partial charge in [-0.2, -0.15) is 26.3 Å². The van der Waals surface area contributed by atoms with Crippen molar-refractivity contribution in [1.82, 2.24) is 0 Å². The van der Waals surface area contributed by atoms with Crippen molar-refractivity contribution in [2.45, 2.75) is 31.8 Å². The molecule has 0 aromatic heterocycles. The lowest BCUT2D eigenvalue weighted by atomic mass is 9.88. The molecule has 1 aliphatic carbocycles. The fourth-order valence-electron chi connectivity index (χ4n) is 1.63. The molecule has 0 aliphatic heterocycles. The molecule has 0 saturated heterocycles. The van der Waals surface area contributed by atoms with Gasteiger partial charge >= 0.3 is 12.4 Å². The summed E-state index contributed by atoms with van der Waals surface area (Å²) in [4.78, 5) is 0. The van der Waals surface area contributed by atoms with Gasteiger partial charge in [0.25, 0.3) is 0 Å². The largest absolute Gasteiger partial charge is 0.412 e. The molecule has 1 aliphatic rings. The van der Waals surface area contributed by atoms with Crippen LogP contribution in [-0.4, -0.2) is 25.6 Å². The predicted molar refractivity (Wildman–Crippen MR) is 52.9 cm³/mol. The number of alkyl halides is 6. The molecule has 0 radical (unpaired) electrons. The Morgan fingerprint density at radius 3 is 2.17 bits per heavy atom. The molecule has 1 nitrogen and oxygen atoms in total. The summed E-state index contributed by atoms with van der Waals surface area (Å²) in [5.41, 5.74) is -1.27. The van der Waals surface area contributed by atoms with Crippen molar-refractivity contribution < 1.29 is 31.1 Å². The fraction of sp³-hybridized carbons (Fsp3) is 0.636. The second-order valence-electron chi connectivity index (χ2n) is 4.06. The smallest absolute Gasteiger partial charge is 0.377 e. The number of hydrogen-bond acceptors (Lipinski definition) is 1. The van der Waals surface area contributed by atoms with Gasteiger partial charge in [0.05, 0.1) is 12.0 Å². The lowest BCUT2D eigenvalue weighted by molar-refractivity contribution is -0.166. The summed E-state index contributed by atoms with van der Waals surface area (Å²) in [6.45, 7) is 1.40. The number of ether oxygens (including phenoxy) is 1. The second-order valence-corrected chi connectivity index (χ2v) is 4.06. The lowest BCUT2D eigenvalue weighted by Gasteiger charge is -2.26. The Morgan fingerprint density at radius 2 is 1.78 bits per heavy atom. The van der Waals surface area contributed by atoms with E-state index in [9.17, 15) is 26.3 Å². The number of allylic oxidation sites excluding steroid dienone is 2. The van der Waals surface area contributed by atoms with Gasteiger partial charge in [-0.05, 0) is 25.0 Å². The van der Waals surface area contributed by atoms with Gasteiger partial charge in [0.2, 0.25) is 0 Å². The molecule has 0 fully saturated rings. The number of methoxy groups -OCH3 is 1. The van der Waals surface area contributed by atoms with E-state index in [-0.39, 0.29) is 5.57 Å². The van der Waals surface area contributed by atoms with Crippen molar-refractivity contribution in [2.24, 2.45) is 5.92 Å². The summed E-state index contributed by atoms with van der Waals surface area (Å²) in [6.07, 6.45) is -9.81. The second kappa shape index (κ2) is 4.95. The highest BCUT2D eigenvalue weighted by molar-refractivity contribution is 5.34. The van der Waals surface area contributed by atoms with E-state index in [4.69, 9.17) is 4.74 Å². The zero-order valence-electron chi connectivity index (χ0n) is 9.69. The van der Waals surface area contributed by atoms with Crippen LogP contribution in [0.2, 0.25) is 0 Å². The van der Waals surface area contributed by atoms with Gasteiger partial charge in [0, 0.05) is 12.7 Å². The average Bonchev–Trinajstić information content (AvgIpc) is 2.25. The minimum atomic E-state index is -4.75. The highest BCUT2D eigenvalue weighted by atomic mass is 19.4. The number of halogens is 6. The van der Waals surface area contributed by atoms with Gasteiger partial charge in [0.15, 0.2) is 0 Å². The number of hydrogen-bond donors (Lipinski definition) is 0. The zero-order valence-corrected chi connectivity index (χ0v) is 9.69. The summed E-state index contributed by atoms with van der Waals surface area (Å²) < 4.78 is 80.1. The van der Waals surface area contributed by atoms with Crippen molar-refractivity contribution in [3.8, 4) is 0 Å². The fourth-order valence-corrected chi connectivity index (χ4v) is 1.63. The molecule has 18 heavy (non-hydrogen) atoms. The van der Waals surface area contributed by atoms with Crippen LogP contribution in [0.3, 0.4) is 0 Å². The molecule has 0 aromatic rings. The van der Waals surface area contributed by atoms with Crippen LogP contribution in [0.5, 0.6) is 0 Å². The van der Waals surface area contributed by atoms with Crippen molar-refractivity contribution in [2.75, 3.05) is 7.11 Å². The third kappa shape index (κ3) is 3.51. The standard InChI is InChI=1S/C11H12F6O/c1-6(18-2)7-3-8(10(12,13)14)5-9(4-7)11(15,16)17/h3-4,6,8H,5H2,1-2H3/t6-,8?/m1/s1. The molecule has 0 aromatic carbocycles. The normalized spacial score (nSPS) is 23.4. The Morgan fingerprint density at radius 1 is 1.22 bits per heavy atom. The van der Waals surface area contributed by atoms with Gasteiger partial charge in [-0.1, -0.05) is 6.08 Å². The molecule has 0 bridgehead atoms. The highest BCUT2D eigenvalue weighted by Gasteiger charge is 2.45. The first-order valence-electron chi connectivity index (χ1n) is 5.14. The molecule has 1 unspecified atom stereocenters. The first kappa shape index (κ1) is 15.1. The van der Waals surface area contributed by atoms with Crippen LogP contribution in [0.25, 0.3) is 0 Å². The van der Waals surface area contributed by atoms with Crippen LogP contribution in [0.4, 0.5) is 26.3 Å². The van der Waals surface area contributed by atoms with E-state index in [1.165, 1.54) is 14.0 Å². The van der Waals surface area contributed by atoms with Gasteiger partial charge in [0.1, 0.15) is 0 Å². The van der Waals surface area contributed by atoms with Crippen LogP contribution < -0.4 is 0 Å². The van der Waals surface area contributed by atoms with Gasteiger partial charge < -0.3 is 4.74 Å². The van der Waals surface area contributed by atoms with Crippen LogP contribution >= 0.6 is 0 Å². The Bertz CT molecular complexity index is 363. The first-order valence-corrected chi connectivity index (χ1v) is 5.14. The Hall–Kier alpha value is -0.980. The summed E-state index contributed by atoms with van der Waals surface area (Å²) in [6, 6.07) is 0. The third-order valence-electron chi connectivity index (χ3n) is 2.78. The van der Waals surface area contributed by atoms with Crippen molar-refractivity contribution in [3.63, 3.8) is 0 Å². The molecule has 1 rings (SSSR count). The predicted octanol–water partition coefficient (Wildman–Crippen LogP) is 4.02. The molecule has 0 heterocycles. The summed E-state index contributed by atoms with van der Waals surface area (Å²) >= 11 is 0. The zero-order chi connectivity index (χ0) is 14.1. The molecule has 0 saturated carbocycles. The van der Waals surface area contributed by atoms with Crippen LogP contribution in [0.15, 0.2) is 23.3 Å². The summed E-state index contributed by atoms with van der Waals surface area (Å²) in [5.74, 6) is -2.12. The SMILES string of the molecule is CO[C@H](C)C1=CC(C(F)(F)F)CC(C(F)(F)F)=C1. The number of rotatable bonds is 2. The monoisotopic (exact) mass is 274 g/mol. The molecule has 7 heteroatoms. The van der Waals surface area contributed by atoms with Gasteiger partial charge in [-0.25, -0.2) is 0 Å². The lowest BCUT2D eigenvalue weighted by Crippen LogP contribution is -2.29. The van der Waals surface area contributed by atoms with E-state index in [0.717, 1.165) is 12.2 Å². The van der Waals surface area contributed by atoms with E-state index in [1.54, 1.807) is 0 Å². The van der Waals surface area contributed by atoms with E-state index < -0.39 is 36.4 Å².